The lowest BCUT2D eigenvalue weighted by molar-refractivity contribution is -0.0602. The standard InChI is InChI=1S/C21H25FN10O9P2S2/c22-10-14(40-42-34)9(38-20(10)31-5-29-11-16(23)25-3-27-18(11)31)2-37-43(35,45)41-15-8(1-36-7-44)39-21(13(15)33)32-6-30-12-17(24)26-4-28-19(12)32/h3-6,8-10,13-15,20-21,33,44H,1-2,7H2,(H,35,45)(H2,23,25,27)(H2,24,26,28)/t8-,9-,10-,13-,14-,15-,20-,21-,43?/m1/s1. The minimum absolute atomic E-state index is 0.0186. The molecular weight excluding hydrogens is 681 g/mol. The molecule has 2 aliphatic heterocycles. The first-order valence-corrected chi connectivity index (χ1v) is 16.9. The molecule has 0 aromatic carbocycles. The summed E-state index contributed by atoms with van der Waals surface area (Å²) < 4.78 is 63.1. The monoisotopic (exact) mass is 706 g/mol. The SMILES string of the molecule is Nc1ncnc2c1ncn2[C@@H]1O[C@H](COCS)[C@@H](OP(O)(=S)OC[C@H]2O[C@@H](n3cnc4c(N)ncnc43)[C@H](F)[C@@H]2OP=O)[C@H]1O. The molecule has 0 amide bonds. The number of nitrogens with two attached hydrogens (primary N) is 2. The number of thiol groups is 1. The molecule has 1 unspecified atom stereocenters. The molecule has 6 heterocycles. The van der Waals surface area contributed by atoms with Gasteiger partial charge in [-0.2, -0.15) is 12.6 Å². The van der Waals surface area contributed by atoms with Crippen LogP contribution in [0.25, 0.3) is 22.3 Å². The fourth-order valence-electron chi connectivity index (χ4n) is 5.07. The fourth-order valence-corrected chi connectivity index (χ4v) is 6.98. The van der Waals surface area contributed by atoms with Crippen LogP contribution < -0.4 is 11.5 Å². The number of nitrogen functional groups attached to an aromatic ring is 2. The van der Waals surface area contributed by atoms with Gasteiger partial charge < -0.3 is 40.2 Å². The molecule has 6 rings (SSSR count). The normalized spacial score (nSPS) is 30.0. The van der Waals surface area contributed by atoms with Crippen molar-refractivity contribution in [3.05, 3.63) is 25.3 Å². The van der Waals surface area contributed by atoms with Crippen molar-refractivity contribution in [2.24, 2.45) is 0 Å². The first-order valence-electron chi connectivity index (χ1n) is 13.0. The summed E-state index contributed by atoms with van der Waals surface area (Å²) in [5.41, 5.74) is 12.7. The third kappa shape index (κ3) is 6.25. The smallest absolute Gasteiger partial charge is 0.327 e. The van der Waals surface area contributed by atoms with Crippen LogP contribution >= 0.6 is 28.0 Å². The molecule has 45 heavy (non-hydrogen) atoms. The number of hydrogen-bond acceptors (Lipinski definition) is 18. The summed E-state index contributed by atoms with van der Waals surface area (Å²) >= 11 is 9.26. The number of ether oxygens (including phenoxy) is 3. The van der Waals surface area contributed by atoms with Crippen LogP contribution in [0.3, 0.4) is 0 Å². The lowest BCUT2D eigenvalue weighted by atomic mass is 10.1. The third-order valence-electron chi connectivity index (χ3n) is 7.09. The van der Waals surface area contributed by atoms with E-state index in [4.69, 9.17) is 51.1 Å². The Morgan fingerprint density at radius 3 is 2.16 bits per heavy atom. The Bertz CT molecular complexity index is 1740. The molecule has 9 atom stereocenters. The molecule has 0 spiro atoms. The number of aliphatic hydroxyl groups excluding tert-OH is 1. The van der Waals surface area contributed by atoms with E-state index in [-0.39, 0.29) is 46.5 Å². The topological polar surface area (TPSA) is 252 Å². The van der Waals surface area contributed by atoms with E-state index in [1.165, 1.54) is 34.4 Å². The number of alkyl halides is 1. The van der Waals surface area contributed by atoms with Crippen LogP contribution in [-0.4, -0.2) is 105 Å². The highest BCUT2D eigenvalue weighted by Crippen LogP contribution is 2.50. The Hall–Kier alpha value is -2.59. The van der Waals surface area contributed by atoms with Crippen molar-refractivity contribution in [1.82, 2.24) is 39.0 Å². The number of imidazole rings is 2. The highest BCUT2D eigenvalue weighted by Gasteiger charge is 2.51. The summed E-state index contributed by atoms with van der Waals surface area (Å²) in [6.07, 6.45) is -5.65. The van der Waals surface area contributed by atoms with Gasteiger partial charge >= 0.3 is 15.4 Å². The molecule has 242 valence electrons. The largest absolute Gasteiger partial charge is 0.386 e. The van der Waals surface area contributed by atoms with E-state index in [9.17, 15) is 14.6 Å². The minimum Gasteiger partial charge on any atom is -0.386 e. The molecule has 2 fully saturated rings. The highest BCUT2D eigenvalue weighted by atomic mass is 32.5. The van der Waals surface area contributed by atoms with Crippen LogP contribution in [0.15, 0.2) is 25.3 Å². The van der Waals surface area contributed by atoms with Crippen molar-refractivity contribution in [2.75, 3.05) is 30.6 Å². The summed E-state index contributed by atoms with van der Waals surface area (Å²) in [6, 6.07) is 0. The number of aliphatic hydroxyl groups is 1. The Labute approximate surface area is 264 Å². The van der Waals surface area contributed by atoms with Gasteiger partial charge in [-0.05, 0) is 11.8 Å². The predicted octanol–water partition coefficient (Wildman–Crippen LogP) is 0.439. The number of rotatable bonds is 12. The number of nitrogens with zero attached hydrogens (tertiary/aromatic N) is 8. The minimum atomic E-state index is -4.20. The number of anilines is 2. The number of halogens is 1. The lowest BCUT2D eigenvalue weighted by Gasteiger charge is -2.26. The second-order valence-electron chi connectivity index (χ2n) is 9.71. The predicted molar refractivity (Wildman–Crippen MR) is 158 cm³/mol. The molecule has 0 saturated carbocycles. The first kappa shape index (κ1) is 32.4. The van der Waals surface area contributed by atoms with Crippen molar-refractivity contribution in [1.29, 1.82) is 0 Å². The number of hydrogen-bond donors (Lipinski definition) is 5. The molecule has 2 saturated heterocycles. The van der Waals surface area contributed by atoms with E-state index < -0.39 is 71.2 Å². The van der Waals surface area contributed by atoms with E-state index in [0.717, 1.165) is 0 Å². The van der Waals surface area contributed by atoms with Gasteiger partial charge in [-0.15, -0.1) is 0 Å². The van der Waals surface area contributed by atoms with Crippen LogP contribution in [0.4, 0.5) is 16.0 Å². The first-order chi connectivity index (χ1) is 21.6. The third-order valence-corrected chi connectivity index (χ3v) is 9.17. The van der Waals surface area contributed by atoms with Crippen LogP contribution in [0.1, 0.15) is 12.5 Å². The Morgan fingerprint density at radius 1 is 0.978 bits per heavy atom. The summed E-state index contributed by atoms with van der Waals surface area (Å²) in [5.74, 6) is 0.218. The summed E-state index contributed by atoms with van der Waals surface area (Å²) in [5, 5.41) is 11.3. The Balaban J connectivity index is 1.18. The van der Waals surface area contributed by atoms with Gasteiger partial charge in [0, 0.05) is 0 Å². The van der Waals surface area contributed by atoms with Gasteiger partial charge in [0.15, 0.2) is 41.6 Å². The van der Waals surface area contributed by atoms with E-state index in [0.29, 0.717) is 0 Å². The summed E-state index contributed by atoms with van der Waals surface area (Å²) in [4.78, 5) is 35.3. The number of fused-ring (bicyclic) bond motifs is 2. The average molecular weight is 707 g/mol. The average Bonchev–Trinajstić information content (AvgIpc) is 3.77. The summed E-state index contributed by atoms with van der Waals surface area (Å²) in [6.45, 7) is -4.86. The Kier molecular flexibility index (Phi) is 9.53. The molecule has 0 bridgehead atoms. The molecule has 24 heteroatoms. The van der Waals surface area contributed by atoms with Crippen LogP contribution in [-0.2, 0) is 44.2 Å². The Morgan fingerprint density at radius 2 is 1.56 bits per heavy atom. The van der Waals surface area contributed by atoms with Crippen molar-refractivity contribution >= 4 is 73.8 Å². The second kappa shape index (κ2) is 13.3. The van der Waals surface area contributed by atoms with Crippen LogP contribution in [0, 0.1) is 0 Å². The van der Waals surface area contributed by atoms with Gasteiger partial charge in [0.05, 0.1) is 31.8 Å². The maximum Gasteiger partial charge on any atom is 0.327 e. The number of aromatic nitrogens is 8. The van der Waals surface area contributed by atoms with Crippen molar-refractivity contribution < 1.29 is 46.7 Å². The highest BCUT2D eigenvalue weighted by molar-refractivity contribution is 8.07. The maximum atomic E-state index is 15.6. The zero-order valence-electron chi connectivity index (χ0n) is 22.7. The van der Waals surface area contributed by atoms with Gasteiger partial charge in [-0.1, -0.05) is 0 Å². The zero-order chi connectivity index (χ0) is 31.9. The van der Waals surface area contributed by atoms with Gasteiger partial charge in [0.1, 0.15) is 54.2 Å². The zero-order valence-corrected chi connectivity index (χ0v) is 26.2. The van der Waals surface area contributed by atoms with Gasteiger partial charge in [0.25, 0.3) is 0 Å². The van der Waals surface area contributed by atoms with E-state index in [1.807, 2.05) is 0 Å². The van der Waals surface area contributed by atoms with Gasteiger partial charge in [-0.3, -0.25) is 18.2 Å². The van der Waals surface area contributed by atoms with Crippen molar-refractivity contribution in [2.45, 2.75) is 49.1 Å². The van der Waals surface area contributed by atoms with Gasteiger partial charge in [-0.25, -0.2) is 38.9 Å². The maximum absolute atomic E-state index is 15.6. The molecule has 2 aliphatic rings. The van der Waals surface area contributed by atoms with Crippen molar-refractivity contribution in [3.8, 4) is 0 Å². The molecule has 4 aromatic heterocycles. The molecule has 4 aromatic rings. The molecule has 6 N–H and O–H groups in total. The van der Waals surface area contributed by atoms with E-state index in [1.54, 1.807) is 0 Å². The van der Waals surface area contributed by atoms with Crippen LogP contribution in [0.5, 0.6) is 0 Å². The van der Waals surface area contributed by atoms with Crippen molar-refractivity contribution in [3.63, 3.8) is 0 Å². The molecule has 0 radical (unpaired) electrons. The molecule has 19 nitrogen and oxygen atoms in total. The second-order valence-corrected chi connectivity index (χ2v) is 13.1. The van der Waals surface area contributed by atoms with E-state index in [2.05, 4.69) is 42.5 Å². The molecular formula is C21H25FN10O9P2S2. The van der Waals surface area contributed by atoms with Gasteiger partial charge in [0.2, 0.25) is 0 Å². The van der Waals surface area contributed by atoms with E-state index >= 15 is 4.39 Å². The lowest BCUT2D eigenvalue weighted by Crippen LogP contribution is -2.36. The summed E-state index contributed by atoms with van der Waals surface area (Å²) in [7, 11) is -0.829. The fraction of sp³-hybridized carbons (Fsp3) is 0.524. The molecule has 0 aliphatic carbocycles. The quantitative estimate of drug-likeness (QED) is 0.0761. The van der Waals surface area contributed by atoms with Crippen LogP contribution in [0.2, 0.25) is 0 Å².